The van der Waals surface area contributed by atoms with E-state index in [1.54, 1.807) is 7.11 Å². The van der Waals surface area contributed by atoms with Gasteiger partial charge in [0.15, 0.2) is 0 Å². The molecule has 0 bridgehead atoms. The van der Waals surface area contributed by atoms with Crippen LogP contribution in [0.3, 0.4) is 0 Å². The molecule has 2 nitrogen and oxygen atoms in total. The maximum Gasteiger partial charge on any atom is 0.124 e. The van der Waals surface area contributed by atoms with E-state index in [1.807, 2.05) is 24.3 Å². The fourth-order valence-corrected chi connectivity index (χ4v) is 3.16. The predicted molar refractivity (Wildman–Crippen MR) is 79.9 cm³/mol. The van der Waals surface area contributed by atoms with E-state index < -0.39 is 6.10 Å². The Morgan fingerprint density at radius 3 is 2.55 bits per heavy atom. The molecule has 0 fully saturated rings. The molecule has 3 rings (SSSR count). The van der Waals surface area contributed by atoms with Gasteiger partial charge in [0.1, 0.15) is 5.75 Å². The van der Waals surface area contributed by atoms with Crippen LogP contribution in [0.1, 0.15) is 29.2 Å². The van der Waals surface area contributed by atoms with Crippen molar-refractivity contribution in [1.82, 2.24) is 0 Å². The molecule has 20 heavy (non-hydrogen) atoms. The lowest BCUT2D eigenvalue weighted by Crippen LogP contribution is -2.21. The van der Waals surface area contributed by atoms with E-state index in [2.05, 4.69) is 24.3 Å². The average Bonchev–Trinajstić information content (AvgIpc) is 2.53. The fourth-order valence-electron chi connectivity index (χ4n) is 3.16. The SMILES string of the molecule is COc1ccccc1C(O)C1CCc2ccccc2C1. The molecule has 2 atom stereocenters. The largest absolute Gasteiger partial charge is 0.496 e. The molecular formula is C18H20O2. The van der Waals surface area contributed by atoms with Gasteiger partial charge in [0.05, 0.1) is 13.2 Å². The van der Waals surface area contributed by atoms with Crippen molar-refractivity contribution < 1.29 is 9.84 Å². The molecule has 2 aromatic rings. The van der Waals surface area contributed by atoms with Crippen LogP contribution >= 0.6 is 0 Å². The van der Waals surface area contributed by atoms with Crippen LogP contribution in [0.2, 0.25) is 0 Å². The molecule has 104 valence electrons. The van der Waals surface area contributed by atoms with Crippen LogP contribution in [-0.2, 0) is 12.8 Å². The molecule has 0 saturated carbocycles. The Morgan fingerprint density at radius 1 is 1.05 bits per heavy atom. The van der Waals surface area contributed by atoms with Gasteiger partial charge in [-0.25, -0.2) is 0 Å². The number of aliphatic hydroxyl groups is 1. The molecule has 0 heterocycles. The average molecular weight is 268 g/mol. The summed E-state index contributed by atoms with van der Waals surface area (Å²) < 4.78 is 5.37. The van der Waals surface area contributed by atoms with E-state index >= 15 is 0 Å². The number of para-hydroxylation sites is 1. The summed E-state index contributed by atoms with van der Waals surface area (Å²) in [5, 5.41) is 10.7. The quantitative estimate of drug-likeness (QED) is 0.922. The van der Waals surface area contributed by atoms with Crippen LogP contribution in [0.5, 0.6) is 5.75 Å². The van der Waals surface area contributed by atoms with E-state index in [0.29, 0.717) is 0 Å². The van der Waals surface area contributed by atoms with Crippen molar-refractivity contribution >= 4 is 0 Å². The zero-order valence-corrected chi connectivity index (χ0v) is 11.8. The number of aliphatic hydroxyl groups excluding tert-OH is 1. The van der Waals surface area contributed by atoms with Crippen LogP contribution in [0.25, 0.3) is 0 Å². The second-order valence-electron chi connectivity index (χ2n) is 5.46. The number of hydrogen-bond donors (Lipinski definition) is 1. The molecule has 0 saturated heterocycles. The number of methoxy groups -OCH3 is 1. The summed E-state index contributed by atoms with van der Waals surface area (Å²) >= 11 is 0. The zero-order chi connectivity index (χ0) is 13.9. The molecular weight excluding hydrogens is 248 g/mol. The van der Waals surface area contributed by atoms with Gasteiger partial charge in [-0.05, 0) is 42.4 Å². The third-order valence-corrected chi connectivity index (χ3v) is 4.29. The first-order chi connectivity index (χ1) is 9.79. The van der Waals surface area contributed by atoms with E-state index in [9.17, 15) is 5.11 Å². The topological polar surface area (TPSA) is 29.5 Å². The minimum absolute atomic E-state index is 0.265. The van der Waals surface area contributed by atoms with Gasteiger partial charge in [0.25, 0.3) is 0 Å². The highest BCUT2D eigenvalue weighted by molar-refractivity contribution is 5.37. The molecule has 1 aliphatic rings. The molecule has 0 radical (unpaired) electrons. The number of hydrogen-bond acceptors (Lipinski definition) is 2. The van der Waals surface area contributed by atoms with Gasteiger partial charge in [-0.1, -0.05) is 42.5 Å². The van der Waals surface area contributed by atoms with Gasteiger partial charge >= 0.3 is 0 Å². The number of benzene rings is 2. The van der Waals surface area contributed by atoms with Crippen molar-refractivity contribution in [2.75, 3.05) is 7.11 Å². The summed E-state index contributed by atoms with van der Waals surface area (Å²) in [6.45, 7) is 0. The Balaban J connectivity index is 1.84. The Morgan fingerprint density at radius 2 is 1.75 bits per heavy atom. The summed E-state index contributed by atoms with van der Waals surface area (Å²) in [6.07, 6.45) is 2.55. The molecule has 2 aromatic carbocycles. The molecule has 0 spiro atoms. The first kappa shape index (κ1) is 13.2. The van der Waals surface area contributed by atoms with Crippen molar-refractivity contribution in [3.63, 3.8) is 0 Å². The Hall–Kier alpha value is -1.80. The molecule has 0 aliphatic heterocycles. The second-order valence-corrected chi connectivity index (χ2v) is 5.46. The van der Waals surface area contributed by atoms with Crippen LogP contribution in [0.4, 0.5) is 0 Å². The zero-order valence-electron chi connectivity index (χ0n) is 11.8. The summed E-state index contributed by atoms with van der Waals surface area (Å²) in [4.78, 5) is 0. The molecule has 1 aliphatic carbocycles. The number of fused-ring (bicyclic) bond motifs is 1. The van der Waals surface area contributed by atoms with Gasteiger partial charge in [-0.3, -0.25) is 0 Å². The van der Waals surface area contributed by atoms with Crippen molar-refractivity contribution in [2.45, 2.75) is 25.4 Å². The van der Waals surface area contributed by atoms with Crippen LogP contribution < -0.4 is 4.74 Å². The summed E-state index contributed by atoms with van der Waals surface area (Å²) in [5.74, 6) is 1.04. The Kier molecular flexibility index (Phi) is 3.75. The normalized spacial score (nSPS) is 19.2. The van der Waals surface area contributed by atoms with Crippen LogP contribution in [0, 0.1) is 5.92 Å². The lowest BCUT2D eigenvalue weighted by Gasteiger charge is -2.29. The standard InChI is InChI=1S/C18H20O2/c1-20-17-9-5-4-8-16(17)18(19)15-11-10-13-6-2-3-7-14(13)12-15/h2-9,15,18-19H,10-12H2,1H3. The minimum Gasteiger partial charge on any atom is -0.496 e. The van der Waals surface area contributed by atoms with Gasteiger partial charge in [-0.15, -0.1) is 0 Å². The van der Waals surface area contributed by atoms with Crippen molar-refractivity contribution in [2.24, 2.45) is 5.92 Å². The second kappa shape index (κ2) is 5.68. The van der Waals surface area contributed by atoms with E-state index in [-0.39, 0.29) is 5.92 Å². The highest BCUT2D eigenvalue weighted by Gasteiger charge is 2.27. The van der Waals surface area contributed by atoms with Crippen LogP contribution in [0.15, 0.2) is 48.5 Å². The van der Waals surface area contributed by atoms with Crippen molar-refractivity contribution in [3.8, 4) is 5.75 Å². The Labute approximate surface area is 120 Å². The molecule has 1 N–H and O–H groups in total. The maximum atomic E-state index is 10.7. The molecule has 2 unspecified atom stereocenters. The number of ether oxygens (including phenoxy) is 1. The lowest BCUT2D eigenvalue weighted by atomic mass is 9.79. The van der Waals surface area contributed by atoms with Gasteiger partial charge in [0.2, 0.25) is 0 Å². The first-order valence-electron chi connectivity index (χ1n) is 7.17. The predicted octanol–water partition coefficient (Wildman–Crippen LogP) is 3.53. The highest BCUT2D eigenvalue weighted by Crippen LogP contribution is 2.37. The smallest absolute Gasteiger partial charge is 0.124 e. The maximum absolute atomic E-state index is 10.7. The lowest BCUT2D eigenvalue weighted by molar-refractivity contribution is 0.0968. The molecule has 0 amide bonds. The van der Waals surface area contributed by atoms with Crippen LogP contribution in [-0.4, -0.2) is 12.2 Å². The molecule has 2 heteroatoms. The third kappa shape index (κ3) is 2.44. The summed E-state index contributed by atoms with van der Waals surface area (Å²) in [5.41, 5.74) is 3.70. The van der Waals surface area contributed by atoms with Crippen molar-refractivity contribution in [1.29, 1.82) is 0 Å². The van der Waals surface area contributed by atoms with E-state index in [1.165, 1.54) is 11.1 Å². The minimum atomic E-state index is -0.459. The number of aryl methyl sites for hydroxylation is 1. The summed E-state index contributed by atoms with van der Waals surface area (Å²) in [7, 11) is 1.65. The first-order valence-corrected chi connectivity index (χ1v) is 7.17. The van der Waals surface area contributed by atoms with Crippen molar-refractivity contribution in [3.05, 3.63) is 65.2 Å². The highest BCUT2D eigenvalue weighted by atomic mass is 16.5. The third-order valence-electron chi connectivity index (χ3n) is 4.29. The van der Waals surface area contributed by atoms with E-state index in [4.69, 9.17) is 4.74 Å². The summed E-state index contributed by atoms with van der Waals surface area (Å²) in [6, 6.07) is 16.3. The van der Waals surface area contributed by atoms with Gasteiger partial charge in [0, 0.05) is 5.56 Å². The molecule has 0 aromatic heterocycles. The van der Waals surface area contributed by atoms with E-state index in [0.717, 1.165) is 30.6 Å². The van der Waals surface area contributed by atoms with Gasteiger partial charge in [-0.2, -0.15) is 0 Å². The number of rotatable bonds is 3. The van der Waals surface area contributed by atoms with Gasteiger partial charge < -0.3 is 9.84 Å². The Bertz CT molecular complexity index is 591. The fraction of sp³-hybridized carbons (Fsp3) is 0.333. The monoisotopic (exact) mass is 268 g/mol.